The minimum atomic E-state index is -1.22. The molecule has 0 radical (unpaired) electrons. The van der Waals surface area contributed by atoms with Crippen LogP contribution in [0.1, 0.15) is 23.1 Å². The molecule has 1 saturated carbocycles. The highest BCUT2D eigenvalue weighted by atomic mass is 127. The van der Waals surface area contributed by atoms with Crippen LogP contribution >= 0.6 is 22.6 Å². The van der Waals surface area contributed by atoms with Crippen molar-refractivity contribution < 1.29 is 33.7 Å². The highest BCUT2D eigenvalue weighted by Crippen LogP contribution is 2.58. The molecule has 2 aromatic carbocycles. The molecule has 10 heteroatoms. The number of hydroxylamine groups is 2. The van der Waals surface area contributed by atoms with Gasteiger partial charge in [-0.25, -0.2) is 0 Å². The van der Waals surface area contributed by atoms with E-state index in [0.717, 1.165) is 9.13 Å². The van der Waals surface area contributed by atoms with E-state index in [1.165, 1.54) is 11.1 Å². The highest BCUT2D eigenvalue weighted by molar-refractivity contribution is 14.1. The van der Waals surface area contributed by atoms with Crippen molar-refractivity contribution in [2.24, 2.45) is 5.41 Å². The maximum absolute atomic E-state index is 13.8. The maximum atomic E-state index is 13.8. The zero-order valence-electron chi connectivity index (χ0n) is 20.0. The first kappa shape index (κ1) is 24.0. The van der Waals surface area contributed by atoms with Gasteiger partial charge in [0.1, 0.15) is 29.8 Å². The van der Waals surface area contributed by atoms with Crippen LogP contribution in [0.4, 0.5) is 0 Å². The Bertz CT molecular complexity index is 1250. The fourth-order valence-electron chi connectivity index (χ4n) is 6.91. The summed E-state index contributed by atoms with van der Waals surface area (Å²) < 4.78 is 20.3. The van der Waals surface area contributed by atoms with Crippen LogP contribution in [0.25, 0.3) is 0 Å². The third kappa shape index (κ3) is 3.60. The number of halogens is 1. The molecule has 6 unspecified atom stereocenters. The molecule has 3 heterocycles. The van der Waals surface area contributed by atoms with Crippen molar-refractivity contribution in [3.63, 3.8) is 0 Å². The summed E-state index contributed by atoms with van der Waals surface area (Å²) in [6.45, 7) is 0.189. The van der Waals surface area contributed by atoms with Crippen LogP contribution in [0.2, 0.25) is 0 Å². The Hall–Kier alpha value is -2.09. The molecule has 1 spiro atoms. The Balaban J connectivity index is 1.27. The van der Waals surface area contributed by atoms with Gasteiger partial charge in [-0.3, -0.25) is 14.4 Å². The van der Waals surface area contributed by atoms with Crippen LogP contribution in [0.15, 0.2) is 48.5 Å². The summed E-state index contributed by atoms with van der Waals surface area (Å²) in [6.07, 6.45) is -1.07. The lowest BCUT2D eigenvalue weighted by atomic mass is 9.62. The highest BCUT2D eigenvalue weighted by Gasteiger charge is 2.76. The minimum Gasteiger partial charge on any atom is -0.458 e. The number of nitrogens with zero attached hydrogens (tertiary/aromatic N) is 1. The van der Waals surface area contributed by atoms with E-state index in [2.05, 4.69) is 40.0 Å². The van der Waals surface area contributed by atoms with Crippen LogP contribution in [0.3, 0.4) is 0 Å². The first-order chi connectivity index (χ1) is 17.9. The smallest absolute Gasteiger partial charge is 0.327 e. The van der Waals surface area contributed by atoms with Gasteiger partial charge in [0.05, 0.1) is 13.2 Å². The largest absolute Gasteiger partial charge is 0.458 e. The minimum absolute atomic E-state index is 0.0846. The number of aliphatic hydroxyl groups is 1. The van der Waals surface area contributed by atoms with Crippen molar-refractivity contribution in [2.75, 3.05) is 13.2 Å². The number of rotatable bonds is 5. The second-order valence-corrected chi connectivity index (χ2v) is 11.8. The average molecular weight is 618 g/mol. The Labute approximate surface area is 227 Å². The summed E-state index contributed by atoms with van der Waals surface area (Å²) in [6, 6.07) is 15.1. The Kier molecular flexibility index (Phi) is 5.65. The molecule has 194 valence electrons. The van der Waals surface area contributed by atoms with E-state index in [1.807, 2.05) is 36.4 Å². The number of nitrogens with one attached hydrogen (secondary N) is 1. The van der Waals surface area contributed by atoms with Crippen molar-refractivity contribution in [2.45, 2.75) is 62.1 Å². The molecular formula is C27H27IN2O7. The van der Waals surface area contributed by atoms with Gasteiger partial charge in [0.2, 0.25) is 5.91 Å². The lowest BCUT2D eigenvalue weighted by Gasteiger charge is -2.48. The van der Waals surface area contributed by atoms with Crippen molar-refractivity contribution >= 4 is 34.5 Å². The first-order valence-electron chi connectivity index (χ1n) is 12.6. The zero-order valence-corrected chi connectivity index (χ0v) is 22.1. The van der Waals surface area contributed by atoms with Crippen molar-refractivity contribution in [3.8, 4) is 0 Å². The van der Waals surface area contributed by atoms with E-state index in [-0.39, 0.29) is 25.5 Å². The molecule has 9 nitrogen and oxygen atoms in total. The van der Waals surface area contributed by atoms with Gasteiger partial charge in [-0.2, -0.15) is 5.06 Å². The Morgan fingerprint density at radius 2 is 1.86 bits per heavy atom. The van der Waals surface area contributed by atoms with Crippen LogP contribution in [-0.2, 0) is 48.0 Å². The quantitative estimate of drug-likeness (QED) is 0.384. The molecule has 2 bridgehead atoms. The van der Waals surface area contributed by atoms with Gasteiger partial charge in [0.15, 0.2) is 11.8 Å². The van der Waals surface area contributed by atoms with Crippen molar-refractivity contribution in [3.05, 3.63) is 68.8 Å². The predicted molar refractivity (Wildman–Crippen MR) is 137 cm³/mol. The summed E-state index contributed by atoms with van der Waals surface area (Å²) in [7, 11) is 0. The normalized spacial score (nSPS) is 34.8. The third-order valence-electron chi connectivity index (χ3n) is 8.34. The summed E-state index contributed by atoms with van der Waals surface area (Å²) in [4.78, 5) is 33.8. The molecule has 7 rings (SSSR count). The molecule has 3 saturated heterocycles. The molecule has 3 aliphatic heterocycles. The number of carbonyl (C=O) groups is 2. The molecule has 1 amide bonds. The van der Waals surface area contributed by atoms with Gasteiger partial charge in [-0.15, -0.1) is 0 Å². The molecule has 0 aromatic heterocycles. The lowest BCUT2D eigenvalue weighted by molar-refractivity contribution is -0.217. The number of ether oxygens (including phenoxy) is 3. The Morgan fingerprint density at radius 1 is 1.11 bits per heavy atom. The molecule has 5 aliphatic rings. The number of aliphatic hydroxyl groups excluding tert-OH is 1. The lowest BCUT2D eigenvalue weighted by Crippen LogP contribution is -2.69. The van der Waals surface area contributed by atoms with E-state index >= 15 is 0 Å². The molecule has 37 heavy (non-hydrogen) atoms. The summed E-state index contributed by atoms with van der Waals surface area (Å²) in [5, 5.41) is 13.8. The fourth-order valence-corrected chi connectivity index (χ4v) is 7.52. The van der Waals surface area contributed by atoms with E-state index in [4.69, 9.17) is 19.0 Å². The van der Waals surface area contributed by atoms with E-state index in [9.17, 15) is 14.7 Å². The molecule has 6 atom stereocenters. The zero-order chi connectivity index (χ0) is 25.4. The number of carbonyl (C=O) groups excluding carboxylic acids is 2. The fraction of sp³-hybridized carbons (Fsp3) is 0.481. The van der Waals surface area contributed by atoms with Crippen LogP contribution in [0, 0.1) is 8.99 Å². The molecular weight excluding hydrogens is 591 g/mol. The van der Waals surface area contributed by atoms with Crippen LogP contribution in [0.5, 0.6) is 0 Å². The number of hydrogen-bond acceptors (Lipinski definition) is 8. The number of fused-ring (bicyclic) bond motifs is 5. The topological polar surface area (TPSA) is 107 Å². The number of hydrogen-bond donors (Lipinski definition) is 2. The monoisotopic (exact) mass is 618 g/mol. The van der Waals surface area contributed by atoms with Crippen molar-refractivity contribution in [1.29, 1.82) is 0 Å². The summed E-state index contributed by atoms with van der Waals surface area (Å²) in [5.74, 6) is -1.71. The SMILES string of the molecule is O=C1OC2CC3(C(=O)NCCO)C(ON(Cc4cccc(I)c4)C13)C1OC3(Cc4ccccc4C3)OC21. The number of amides is 1. The third-order valence-corrected chi connectivity index (χ3v) is 9.01. The van der Waals surface area contributed by atoms with Gasteiger partial charge >= 0.3 is 5.97 Å². The predicted octanol–water partition coefficient (Wildman–Crippen LogP) is 1.48. The van der Waals surface area contributed by atoms with E-state index < -0.39 is 47.6 Å². The van der Waals surface area contributed by atoms with Gasteiger partial charge < -0.3 is 24.6 Å². The first-order valence-corrected chi connectivity index (χ1v) is 13.7. The van der Waals surface area contributed by atoms with Gasteiger partial charge in [-0.1, -0.05) is 36.4 Å². The van der Waals surface area contributed by atoms with Crippen molar-refractivity contribution in [1.82, 2.24) is 10.4 Å². The van der Waals surface area contributed by atoms with Crippen LogP contribution in [-0.4, -0.2) is 71.4 Å². The summed E-state index contributed by atoms with van der Waals surface area (Å²) >= 11 is 2.24. The molecule has 4 fully saturated rings. The van der Waals surface area contributed by atoms with E-state index in [1.54, 1.807) is 5.06 Å². The number of esters is 1. The molecule has 2 N–H and O–H groups in total. The Morgan fingerprint density at radius 3 is 2.59 bits per heavy atom. The van der Waals surface area contributed by atoms with E-state index in [0.29, 0.717) is 19.4 Å². The average Bonchev–Trinajstić information content (AvgIpc) is 3.54. The second-order valence-electron chi connectivity index (χ2n) is 10.5. The van der Waals surface area contributed by atoms with Gasteiger partial charge in [0.25, 0.3) is 0 Å². The summed E-state index contributed by atoms with van der Waals surface area (Å²) in [5.41, 5.74) is 2.07. The standard InChI is InChI=1S/C27H27IN2O7/c28-18-7-3-4-15(10-18)14-30-22-24(32)34-19-13-27(22,25(33)29-8-9-31)23(37-30)21-20(19)35-26(36-21)11-16-5-1-2-6-17(16)12-26/h1-7,10,19-23,31H,8-9,11-14H2,(H,29,33). The molecule has 2 aromatic rings. The maximum Gasteiger partial charge on any atom is 0.327 e. The van der Waals surface area contributed by atoms with Gasteiger partial charge in [0, 0.05) is 29.4 Å². The molecule has 2 aliphatic carbocycles. The van der Waals surface area contributed by atoms with Crippen LogP contribution < -0.4 is 5.32 Å². The van der Waals surface area contributed by atoms with Gasteiger partial charge in [-0.05, 0) is 51.4 Å². The second kappa shape index (κ2) is 8.72. The number of benzene rings is 2.